The molecule has 0 amide bonds. The van der Waals surface area contributed by atoms with E-state index in [0.29, 0.717) is 6.54 Å². The molecule has 1 heterocycles. The van der Waals surface area contributed by atoms with Gasteiger partial charge in [-0.1, -0.05) is 60.7 Å². The molecule has 3 aromatic rings. The molecule has 0 aliphatic heterocycles. The Morgan fingerprint density at radius 2 is 1.76 bits per heavy atom. The van der Waals surface area contributed by atoms with Gasteiger partial charge >= 0.3 is 5.97 Å². The monoisotopic (exact) mass is 355 g/mol. The van der Waals surface area contributed by atoms with Crippen molar-refractivity contribution in [2.45, 2.75) is 12.6 Å². The van der Waals surface area contributed by atoms with Crippen LogP contribution in [-0.2, 0) is 16.1 Å². The second-order valence-corrected chi connectivity index (χ2v) is 5.20. The molecular formula is C19H18ClN3O2. The van der Waals surface area contributed by atoms with Crippen LogP contribution in [0.15, 0.2) is 79.4 Å². The fourth-order valence-electron chi connectivity index (χ4n) is 2.28. The molecule has 128 valence electrons. The summed E-state index contributed by atoms with van der Waals surface area (Å²) in [4.78, 5) is 16.1. The van der Waals surface area contributed by atoms with Crippen LogP contribution in [-0.4, -0.2) is 20.7 Å². The summed E-state index contributed by atoms with van der Waals surface area (Å²) in [5.41, 5.74) is 1.86. The van der Waals surface area contributed by atoms with Gasteiger partial charge in [-0.15, -0.1) is 12.4 Å². The Morgan fingerprint density at radius 1 is 1.08 bits per heavy atom. The van der Waals surface area contributed by atoms with E-state index in [9.17, 15) is 4.79 Å². The van der Waals surface area contributed by atoms with E-state index in [1.807, 2.05) is 60.7 Å². The molecule has 0 spiro atoms. The SMILES string of the molecule is Cl.O=C(C=Cc1ccccc1)OC(Cn1cncn1)c1ccccc1. The Kier molecular flexibility index (Phi) is 6.92. The lowest BCUT2D eigenvalue weighted by Gasteiger charge is -2.17. The van der Waals surface area contributed by atoms with Crippen LogP contribution in [0, 0.1) is 0 Å². The van der Waals surface area contributed by atoms with Gasteiger partial charge in [0.25, 0.3) is 0 Å². The number of hydrogen-bond donors (Lipinski definition) is 0. The number of hydrogen-bond acceptors (Lipinski definition) is 4. The number of ether oxygens (including phenoxy) is 1. The number of aromatic nitrogens is 3. The molecule has 6 heteroatoms. The average molecular weight is 356 g/mol. The predicted molar refractivity (Wildman–Crippen MR) is 98.0 cm³/mol. The zero-order chi connectivity index (χ0) is 16.6. The van der Waals surface area contributed by atoms with Gasteiger partial charge in [0.2, 0.25) is 0 Å². The second-order valence-electron chi connectivity index (χ2n) is 5.20. The standard InChI is InChI=1S/C19H17N3O2.ClH/c23-19(12-11-16-7-3-1-4-8-16)24-18(13-22-15-20-14-21-22)17-9-5-2-6-10-17;/h1-12,14-15,18H,13H2;1H. The van der Waals surface area contributed by atoms with Crippen LogP contribution in [0.2, 0.25) is 0 Å². The Bertz CT molecular complexity index is 790. The third kappa shape index (κ3) is 5.58. The van der Waals surface area contributed by atoms with Crippen LogP contribution in [0.1, 0.15) is 17.2 Å². The molecule has 1 atom stereocenters. The van der Waals surface area contributed by atoms with Gasteiger partial charge in [0, 0.05) is 6.08 Å². The highest BCUT2D eigenvalue weighted by molar-refractivity contribution is 5.87. The number of esters is 1. The molecule has 0 saturated carbocycles. The largest absolute Gasteiger partial charge is 0.452 e. The Hall–Kier alpha value is -2.92. The minimum atomic E-state index is -0.430. The van der Waals surface area contributed by atoms with Crippen molar-refractivity contribution in [2.24, 2.45) is 0 Å². The first kappa shape index (κ1) is 18.4. The van der Waals surface area contributed by atoms with Crippen LogP contribution in [0.4, 0.5) is 0 Å². The van der Waals surface area contributed by atoms with E-state index in [-0.39, 0.29) is 12.4 Å². The fourth-order valence-corrected chi connectivity index (χ4v) is 2.28. The van der Waals surface area contributed by atoms with E-state index in [4.69, 9.17) is 4.74 Å². The zero-order valence-corrected chi connectivity index (χ0v) is 14.3. The van der Waals surface area contributed by atoms with E-state index < -0.39 is 12.1 Å². The van der Waals surface area contributed by atoms with Gasteiger partial charge in [0.1, 0.15) is 18.8 Å². The van der Waals surface area contributed by atoms with Crippen LogP contribution in [0.25, 0.3) is 6.08 Å². The number of carbonyl (C=O) groups is 1. The summed E-state index contributed by atoms with van der Waals surface area (Å²) in [5, 5.41) is 4.08. The third-order valence-electron chi connectivity index (χ3n) is 3.46. The first-order valence-electron chi connectivity index (χ1n) is 7.62. The van der Waals surface area contributed by atoms with Crippen LogP contribution in [0.5, 0.6) is 0 Å². The van der Waals surface area contributed by atoms with Gasteiger partial charge < -0.3 is 4.74 Å². The molecule has 5 nitrogen and oxygen atoms in total. The Labute approximate surface area is 152 Å². The summed E-state index contributed by atoms with van der Waals surface area (Å²) in [7, 11) is 0. The number of nitrogens with zero attached hydrogens (tertiary/aromatic N) is 3. The Balaban J connectivity index is 0.00000225. The quantitative estimate of drug-likeness (QED) is 0.499. The molecule has 2 aromatic carbocycles. The number of benzene rings is 2. The van der Waals surface area contributed by atoms with Crippen LogP contribution >= 0.6 is 12.4 Å². The molecule has 0 fully saturated rings. The van der Waals surface area contributed by atoms with Crippen molar-refractivity contribution in [3.05, 3.63) is 90.5 Å². The van der Waals surface area contributed by atoms with E-state index >= 15 is 0 Å². The molecule has 0 aliphatic rings. The first-order valence-corrected chi connectivity index (χ1v) is 7.62. The van der Waals surface area contributed by atoms with Crippen molar-refractivity contribution in [1.29, 1.82) is 0 Å². The lowest BCUT2D eigenvalue weighted by atomic mass is 10.1. The highest BCUT2D eigenvalue weighted by Gasteiger charge is 2.16. The molecule has 1 aromatic heterocycles. The van der Waals surface area contributed by atoms with Gasteiger partial charge in [-0.3, -0.25) is 0 Å². The van der Waals surface area contributed by atoms with E-state index in [1.165, 1.54) is 12.4 Å². The van der Waals surface area contributed by atoms with Gasteiger partial charge in [0.05, 0.1) is 6.54 Å². The highest BCUT2D eigenvalue weighted by Crippen LogP contribution is 2.19. The van der Waals surface area contributed by atoms with Crippen LogP contribution in [0.3, 0.4) is 0 Å². The molecule has 1 unspecified atom stereocenters. The van der Waals surface area contributed by atoms with Gasteiger partial charge in [-0.05, 0) is 17.2 Å². The molecule has 25 heavy (non-hydrogen) atoms. The maximum atomic E-state index is 12.2. The fraction of sp³-hybridized carbons (Fsp3) is 0.105. The number of rotatable bonds is 6. The maximum absolute atomic E-state index is 12.2. The summed E-state index contributed by atoms with van der Waals surface area (Å²) in [6.07, 6.45) is 5.80. The molecular weight excluding hydrogens is 338 g/mol. The zero-order valence-electron chi connectivity index (χ0n) is 13.4. The summed E-state index contributed by atoms with van der Waals surface area (Å²) in [6.45, 7) is 0.412. The van der Waals surface area contributed by atoms with Crippen molar-refractivity contribution >= 4 is 24.5 Å². The molecule has 3 rings (SSSR count). The van der Waals surface area contributed by atoms with E-state index in [0.717, 1.165) is 11.1 Å². The topological polar surface area (TPSA) is 57.0 Å². The first-order chi connectivity index (χ1) is 11.8. The van der Waals surface area contributed by atoms with Gasteiger partial charge in [-0.25, -0.2) is 14.5 Å². The maximum Gasteiger partial charge on any atom is 0.331 e. The normalized spacial score (nSPS) is 11.7. The van der Waals surface area contributed by atoms with Crippen molar-refractivity contribution < 1.29 is 9.53 Å². The molecule has 0 N–H and O–H groups in total. The van der Waals surface area contributed by atoms with Crippen LogP contribution < -0.4 is 0 Å². The average Bonchev–Trinajstić information content (AvgIpc) is 3.14. The van der Waals surface area contributed by atoms with Crippen molar-refractivity contribution in [3.8, 4) is 0 Å². The third-order valence-corrected chi connectivity index (χ3v) is 3.46. The minimum Gasteiger partial charge on any atom is -0.452 e. The highest BCUT2D eigenvalue weighted by atomic mass is 35.5. The molecule has 0 saturated heterocycles. The summed E-state index contributed by atoms with van der Waals surface area (Å²) < 4.78 is 7.26. The predicted octanol–water partition coefficient (Wildman–Crippen LogP) is 3.70. The van der Waals surface area contributed by atoms with Crippen molar-refractivity contribution in [2.75, 3.05) is 0 Å². The van der Waals surface area contributed by atoms with E-state index in [1.54, 1.807) is 17.1 Å². The second kappa shape index (κ2) is 9.39. The number of halogens is 1. The van der Waals surface area contributed by atoms with Crippen molar-refractivity contribution in [3.63, 3.8) is 0 Å². The summed E-state index contributed by atoms with van der Waals surface area (Å²) in [6, 6.07) is 19.2. The molecule has 0 radical (unpaired) electrons. The van der Waals surface area contributed by atoms with Gasteiger partial charge in [-0.2, -0.15) is 5.10 Å². The molecule has 0 bridgehead atoms. The Morgan fingerprint density at radius 3 is 2.40 bits per heavy atom. The smallest absolute Gasteiger partial charge is 0.331 e. The lowest BCUT2D eigenvalue weighted by molar-refractivity contribution is -0.144. The minimum absolute atomic E-state index is 0. The summed E-state index contributed by atoms with van der Waals surface area (Å²) >= 11 is 0. The molecule has 0 aliphatic carbocycles. The van der Waals surface area contributed by atoms with Crippen molar-refractivity contribution in [1.82, 2.24) is 14.8 Å². The lowest BCUT2D eigenvalue weighted by Crippen LogP contribution is -2.16. The summed E-state index contributed by atoms with van der Waals surface area (Å²) in [5.74, 6) is -0.396. The van der Waals surface area contributed by atoms with E-state index in [2.05, 4.69) is 10.1 Å². The number of carbonyl (C=O) groups excluding carboxylic acids is 1. The van der Waals surface area contributed by atoms with Gasteiger partial charge in [0.15, 0.2) is 0 Å².